The van der Waals surface area contributed by atoms with E-state index in [-0.39, 0.29) is 17.2 Å². The first-order valence-electron chi connectivity index (χ1n) is 10.4. The van der Waals surface area contributed by atoms with E-state index in [4.69, 9.17) is 9.84 Å². The van der Waals surface area contributed by atoms with Gasteiger partial charge in [-0.05, 0) is 30.9 Å². The Hall–Kier alpha value is -2.59. The second-order valence-electron chi connectivity index (χ2n) is 7.60. The Kier molecular flexibility index (Phi) is 8.01. The van der Waals surface area contributed by atoms with Crippen molar-refractivity contribution in [3.8, 4) is 5.75 Å². The molecular weight excluding hydrogens is 472 g/mol. The van der Waals surface area contributed by atoms with Gasteiger partial charge in [0.2, 0.25) is 21.2 Å². The third-order valence-corrected chi connectivity index (χ3v) is 8.09. The van der Waals surface area contributed by atoms with Gasteiger partial charge in [0.1, 0.15) is 12.0 Å². The van der Waals surface area contributed by atoms with E-state index >= 15 is 4.39 Å². The molecular formula is C23H25F2NO5S2. The van der Waals surface area contributed by atoms with E-state index in [2.05, 4.69) is 0 Å². The lowest BCUT2D eigenvalue weighted by Crippen LogP contribution is -2.31. The van der Waals surface area contributed by atoms with Crippen molar-refractivity contribution in [2.75, 3.05) is 17.7 Å². The number of aliphatic carboxylic acids is 1. The van der Waals surface area contributed by atoms with Gasteiger partial charge in [0, 0.05) is 24.2 Å². The van der Waals surface area contributed by atoms with E-state index in [1.807, 2.05) is 37.3 Å². The molecule has 6 nitrogen and oxygen atoms in total. The zero-order valence-electron chi connectivity index (χ0n) is 18.2. The lowest BCUT2D eigenvalue weighted by molar-refractivity contribution is -0.134. The van der Waals surface area contributed by atoms with Crippen LogP contribution < -0.4 is 9.64 Å². The Labute approximate surface area is 196 Å². The number of hydrogen-bond donors (Lipinski definition) is 1. The van der Waals surface area contributed by atoms with Crippen molar-refractivity contribution in [1.29, 1.82) is 0 Å². The van der Waals surface area contributed by atoms with Gasteiger partial charge < -0.3 is 14.7 Å². The van der Waals surface area contributed by atoms with Crippen molar-refractivity contribution in [3.05, 3.63) is 54.6 Å². The third kappa shape index (κ3) is 5.33. The molecule has 10 heteroatoms. The molecule has 1 N–H and O–H groups in total. The largest absolute Gasteiger partial charge is 0.476 e. The van der Waals surface area contributed by atoms with Gasteiger partial charge in [-0.1, -0.05) is 38.0 Å². The Balaban J connectivity index is 2.21. The number of nitrogens with zero attached hydrogens (tertiary/aromatic N) is 1. The van der Waals surface area contributed by atoms with Crippen molar-refractivity contribution in [3.63, 3.8) is 0 Å². The zero-order valence-corrected chi connectivity index (χ0v) is 19.8. The summed E-state index contributed by atoms with van der Waals surface area (Å²) in [6.45, 7) is 2.12. The number of hydrogen-bond acceptors (Lipinski definition) is 6. The fourth-order valence-corrected chi connectivity index (χ4v) is 5.96. The molecule has 0 aliphatic carbocycles. The van der Waals surface area contributed by atoms with Crippen LogP contribution in [-0.2, 0) is 14.6 Å². The number of rotatable bonds is 8. The van der Waals surface area contributed by atoms with Gasteiger partial charge in [0.15, 0.2) is 0 Å². The van der Waals surface area contributed by atoms with Crippen LogP contribution in [-0.4, -0.2) is 37.8 Å². The van der Waals surface area contributed by atoms with Crippen LogP contribution in [0, 0.1) is 5.92 Å². The lowest BCUT2D eigenvalue weighted by atomic mass is 10.0. The second kappa shape index (κ2) is 10.6. The number of alkyl halides is 1. The Bertz CT molecular complexity index is 1140. The van der Waals surface area contributed by atoms with Crippen LogP contribution in [0.5, 0.6) is 5.75 Å². The maximum absolute atomic E-state index is 15.5. The van der Waals surface area contributed by atoms with Crippen LogP contribution in [0.2, 0.25) is 0 Å². The molecule has 0 radical (unpaired) electrons. The van der Waals surface area contributed by atoms with Gasteiger partial charge in [-0.3, -0.25) is 0 Å². The number of fused-ring (bicyclic) bond motifs is 1. The number of ether oxygens (including phenoxy) is 1. The number of thioether (sulfide) groups is 1. The first kappa shape index (κ1) is 25.0. The number of anilines is 2. The van der Waals surface area contributed by atoms with Crippen molar-refractivity contribution in [1.82, 2.24) is 0 Å². The summed E-state index contributed by atoms with van der Waals surface area (Å²) in [6.07, 6.45) is 3.99. The maximum Gasteiger partial charge on any atom is 0.368 e. The molecule has 0 aromatic heterocycles. The normalized spacial score (nSPS) is 20.1. The number of halogens is 2. The van der Waals surface area contributed by atoms with E-state index in [9.17, 15) is 17.6 Å². The molecule has 2 atom stereocenters. The minimum Gasteiger partial charge on any atom is -0.476 e. The molecule has 0 fully saturated rings. The van der Waals surface area contributed by atoms with Crippen LogP contribution >= 0.6 is 11.8 Å². The average Bonchev–Trinajstić information content (AvgIpc) is 2.89. The second-order valence-corrected chi connectivity index (χ2v) is 10.4. The summed E-state index contributed by atoms with van der Waals surface area (Å²) in [4.78, 5) is 12.7. The van der Waals surface area contributed by atoms with Crippen LogP contribution in [0.15, 0.2) is 64.3 Å². The molecule has 0 unspecified atom stereocenters. The molecule has 3 rings (SSSR count). The van der Waals surface area contributed by atoms with E-state index in [1.165, 1.54) is 11.8 Å². The monoisotopic (exact) mass is 497 g/mol. The molecule has 0 saturated carbocycles. The zero-order chi connectivity index (χ0) is 24.2. The molecule has 2 aromatic carbocycles. The SMILES string of the molecule is CCCC[C@H]1CN(c2ccccc2)c2cc(SC)c(O/C=C(\F)C(=O)O)cc2S(=O)(=O)[C@H]1F. The Morgan fingerprint density at radius 2 is 2.00 bits per heavy atom. The summed E-state index contributed by atoms with van der Waals surface area (Å²) in [5.74, 6) is -4.20. The summed E-state index contributed by atoms with van der Waals surface area (Å²) in [5, 5.41) is 8.71. The maximum atomic E-state index is 15.5. The molecule has 178 valence electrons. The predicted octanol–water partition coefficient (Wildman–Crippen LogP) is 5.71. The molecule has 0 bridgehead atoms. The highest BCUT2D eigenvalue weighted by Crippen LogP contribution is 2.45. The number of benzene rings is 2. The Morgan fingerprint density at radius 3 is 2.61 bits per heavy atom. The van der Waals surface area contributed by atoms with E-state index in [1.54, 1.807) is 17.2 Å². The summed E-state index contributed by atoms with van der Waals surface area (Å²) < 4.78 is 60.8. The number of carboxylic acids is 1. The summed E-state index contributed by atoms with van der Waals surface area (Å²) in [6, 6.07) is 11.8. The van der Waals surface area contributed by atoms with Crippen molar-refractivity contribution in [2.24, 2.45) is 5.92 Å². The number of sulfone groups is 1. The molecule has 1 aliphatic heterocycles. The molecule has 0 amide bonds. The number of unbranched alkanes of at least 4 members (excludes halogenated alkanes) is 1. The molecule has 1 aliphatic rings. The minimum atomic E-state index is -4.41. The summed E-state index contributed by atoms with van der Waals surface area (Å²) in [5.41, 5.74) is -1.12. The van der Waals surface area contributed by atoms with Crippen LogP contribution in [0.25, 0.3) is 0 Å². The van der Waals surface area contributed by atoms with E-state index < -0.39 is 33.1 Å². The highest BCUT2D eigenvalue weighted by Gasteiger charge is 2.42. The van der Waals surface area contributed by atoms with Gasteiger partial charge in [0.25, 0.3) is 0 Å². The number of carboxylic acid groups (broad SMARTS) is 1. The molecule has 0 spiro atoms. The van der Waals surface area contributed by atoms with Crippen molar-refractivity contribution in [2.45, 2.75) is 41.5 Å². The van der Waals surface area contributed by atoms with E-state index in [0.29, 0.717) is 35.4 Å². The smallest absolute Gasteiger partial charge is 0.368 e. The Morgan fingerprint density at radius 1 is 1.30 bits per heavy atom. The quantitative estimate of drug-likeness (QED) is 0.284. The highest BCUT2D eigenvalue weighted by atomic mass is 32.2. The number of para-hydroxylation sites is 1. The van der Waals surface area contributed by atoms with Gasteiger partial charge in [-0.25, -0.2) is 17.6 Å². The molecule has 2 aromatic rings. The van der Waals surface area contributed by atoms with Gasteiger partial charge in [0.05, 0.1) is 15.5 Å². The fraction of sp³-hybridized carbons (Fsp3) is 0.348. The van der Waals surface area contributed by atoms with Crippen LogP contribution in [0.3, 0.4) is 0 Å². The van der Waals surface area contributed by atoms with Crippen molar-refractivity contribution < 1.29 is 31.8 Å². The predicted molar refractivity (Wildman–Crippen MR) is 124 cm³/mol. The number of carbonyl (C=O) groups is 1. The van der Waals surface area contributed by atoms with Gasteiger partial charge in [-0.15, -0.1) is 11.8 Å². The average molecular weight is 498 g/mol. The van der Waals surface area contributed by atoms with Gasteiger partial charge >= 0.3 is 5.97 Å². The first-order chi connectivity index (χ1) is 15.7. The molecule has 1 heterocycles. The topological polar surface area (TPSA) is 83.9 Å². The van der Waals surface area contributed by atoms with Crippen molar-refractivity contribution >= 4 is 38.9 Å². The molecule has 0 saturated heterocycles. The lowest BCUT2D eigenvalue weighted by Gasteiger charge is -2.28. The third-order valence-electron chi connectivity index (χ3n) is 5.42. The minimum absolute atomic E-state index is 0.0755. The van der Waals surface area contributed by atoms with Crippen LogP contribution in [0.1, 0.15) is 26.2 Å². The highest BCUT2D eigenvalue weighted by molar-refractivity contribution is 7.98. The fourth-order valence-electron chi connectivity index (χ4n) is 3.72. The van der Waals surface area contributed by atoms with E-state index in [0.717, 1.165) is 12.5 Å². The molecule has 33 heavy (non-hydrogen) atoms. The van der Waals surface area contributed by atoms with Crippen LogP contribution in [0.4, 0.5) is 20.2 Å². The summed E-state index contributed by atoms with van der Waals surface area (Å²) in [7, 11) is -4.41. The van der Waals surface area contributed by atoms with Gasteiger partial charge in [-0.2, -0.15) is 4.39 Å². The summed E-state index contributed by atoms with van der Waals surface area (Å²) >= 11 is 1.21. The first-order valence-corrected chi connectivity index (χ1v) is 13.2. The standard InChI is InChI=1S/C23H25F2NO5S2/c1-3-4-8-15-13-26(16-9-6-5-7-10-16)18-11-20(32-2)19(31-14-17(24)23(27)28)12-21(18)33(29,30)22(15)25/h5-7,9-12,14-15,22H,3-4,8,13H2,1-2H3,(H,27,28)/b17-14-/t15-,22+/m0/s1.